The van der Waals surface area contributed by atoms with Gasteiger partial charge in [-0.1, -0.05) is 0 Å². The van der Waals surface area contributed by atoms with Gasteiger partial charge >= 0.3 is 13.9 Å². The zero-order chi connectivity index (χ0) is 19.4. The number of nitrogens with one attached hydrogen (secondary N) is 1. The third-order valence-corrected chi connectivity index (χ3v) is 4.45. The van der Waals surface area contributed by atoms with Gasteiger partial charge in [-0.05, 0) is 13.8 Å². The highest BCUT2D eigenvalue weighted by Crippen LogP contribution is 2.37. The molecule has 6 unspecified atom stereocenters. The normalized spacial score (nSPS) is 27.5. The van der Waals surface area contributed by atoms with Crippen LogP contribution in [0.3, 0.4) is 0 Å². The lowest BCUT2D eigenvalue weighted by molar-refractivity contribution is -0.0928. The minimum absolute atomic E-state index is 0.0817. The van der Waals surface area contributed by atoms with Gasteiger partial charge in [-0.2, -0.15) is 0 Å². The number of aromatic nitrogens is 2. The molecule has 1 aromatic rings. The first kappa shape index (κ1) is 20.8. The molecule has 0 amide bonds. The second kappa shape index (κ2) is 8.96. The molecule has 0 radical (unpaired) electrons. The van der Waals surface area contributed by atoms with Crippen molar-refractivity contribution >= 4 is 8.25 Å². The predicted octanol–water partition coefficient (Wildman–Crippen LogP) is -0.810. The Morgan fingerprint density at radius 2 is 2.12 bits per heavy atom. The van der Waals surface area contributed by atoms with Crippen molar-refractivity contribution in [3.63, 3.8) is 0 Å². The first-order valence-corrected chi connectivity index (χ1v) is 8.97. The Bertz CT molecular complexity index is 749. The molecule has 6 atom stereocenters. The van der Waals surface area contributed by atoms with E-state index in [4.69, 9.17) is 23.6 Å². The van der Waals surface area contributed by atoms with E-state index in [1.54, 1.807) is 6.92 Å². The number of methoxy groups -OCH3 is 1. The number of nitrogens with zero attached hydrogens (tertiary/aromatic N) is 1. The molecule has 1 aromatic heterocycles. The Morgan fingerprint density at radius 1 is 1.42 bits per heavy atom. The molecule has 11 nitrogen and oxygen atoms in total. The van der Waals surface area contributed by atoms with Gasteiger partial charge in [0.1, 0.15) is 12.2 Å². The van der Waals surface area contributed by atoms with Gasteiger partial charge in [-0.3, -0.25) is 14.3 Å². The average Bonchev–Trinajstić information content (AvgIpc) is 2.92. The van der Waals surface area contributed by atoms with Crippen molar-refractivity contribution in [2.75, 3.05) is 20.3 Å². The molecule has 1 aliphatic rings. The van der Waals surface area contributed by atoms with Crippen LogP contribution in [0, 0.1) is 6.92 Å². The highest BCUT2D eigenvalue weighted by Gasteiger charge is 2.51. The summed E-state index contributed by atoms with van der Waals surface area (Å²) in [6, 6.07) is 0. The van der Waals surface area contributed by atoms with E-state index in [2.05, 4.69) is 4.98 Å². The SMILES string of the molecule is COC(C)COC1C(O[P+](=O)O)C(CO)OC1n1cc(C)c(=O)[nH]c1=O. The van der Waals surface area contributed by atoms with Gasteiger partial charge in [-0.15, -0.1) is 9.42 Å². The van der Waals surface area contributed by atoms with Gasteiger partial charge in [0.2, 0.25) is 0 Å². The highest BCUT2D eigenvalue weighted by molar-refractivity contribution is 7.32. The standard InChI is InChI=1S/C14H21N2O9P/c1-7-4-16(14(19)15-12(7)18)13-11(23-6-8(2)22-3)10(25-26(20)21)9(5-17)24-13/h4,8-11,13,17H,5-6H2,1-3H3,(H-,15,18,19,20,21)/p+1. The summed E-state index contributed by atoms with van der Waals surface area (Å²) in [6.07, 6.45) is -3.22. The summed E-state index contributed by atoms with van der Waals surface area (Å²) in [5.41, 5.74) is -1.03. The molecule has 3 N–H and O–H groups in total. The predicted molar refractivity (Wildman–Crippen MR) is 88.0 cm³/mol. The molecule has 0 aromatic carbocycles. The van der Waals surface area contributed by atoms with Crippen LogP contribution in [0.5, 0.6) is 0 Å². The van der Waals surface area contributed by atoms with Crippen LogP contribution in [0.25, 0.3) is 0 Å². The monoisotopic (exact) mass is 393 g/mol. The van der Waals surface area contributed by atoms with Crippen LogP contribution in [-0.2, 0) is 23.3 Å². The van der Waals surface area contributed by atoms with E-state index >= 15 is 0 Å². The summed E-state index contributed by atoms with van der Waals surface area (Å²) in [7, 11) is -1.52. The minimum Gasteiger partial charge on any atom is -0.394 e. The molecule has 0 aliphatic carbocycles. The van der Waals surface area contributed by atoms with Crippen LogP contribution in [0.15, 0.2) is 15.8 Å². The van der Waals surface area contributed by atoms with Crippen LogP contribution in [-0.4, -0.2) is 64.3 Å². The first-order chi connectivity index (χ1) is 12.3. The summed E-state index contributed by atoms with van der Waals surface area (Å²) < 4.78 is 33.7. The molecule has 146 valence electrons. The molecular formula is C14H22N2O9P+. The van der Waals surface area contributed by atoms with Crippen molar-refractivity contribution in [3.05, 3.63) is 32.6 Å². The highest BCUT2D eigenvalue weighted by atomic mass is 31.1. The lowest BCUT2D eigenvalue weighted by Gasteiger charge is -2.23. The summed E-state index contributed by atoms with van der Waals surface area (Å²) in [5, 5.41) is 9.52. The third kappa shape index (κ3) is 4.63. The zero-order valence-electron chi connectivity index (χ0n) is 14.5. The van der Waals surface area contributed by atoms with Gasteiger partial charge in [0.25, 0.3) is 5.56 Å². The van der Waals surface area contributed by atoms with Crippen molar-refractivity contribution < 1.29 is 33.3 Å². The van der Waals surface area contributed by atoms with Crippen molar-refractivity contribution in [1.82, 2.24) is 9.55 Å². The lowest BCUT2D eigenvalue weighted by atomic mass is 10.1. The molecule has 2 heterocycles. The van der Waals surface area contributed by atoms with Crippen molar-refractivity contribution in [2.45, 2.75) is 44.5 Å². The van der Waals surface area contributed by atoms with Crippen molar-refractivity contribution in [3.8, 4) is 0 Å². The Morgan fingerprint density at radius 3 is 2.69 bits per heavy atom. The smallest absolute Gasteiger partial charge is 0.394 e. The fourth-order valence-electron chi connectivity index (χ4n) is 2.58. The molecule has 1 aliphatic heterocycles. The topological polar surface area (TPSA) is 149 Å². The quantitative estimate of drug-likeness (QED) is 0.482. The van der Waals surface area contributed by atoms with Gasteiger partial charge in [0, 0.05) is 23.4 Å². The van der Waals surface area contributed by atoms with Crippen LogP contribution >= 0.6 is 8.25 Å². The molecule has 0 saturated carbocycles. The van der Waals surface area contributed by atoms with Crippen LogP contribution in [0.2, 0.25) is 0 Å². The van der Waals surface area contributed by atoms with Gasteiger partial charge in [0.15, 0.2) is 12.3 Å². The maximum absolute atomic E-state index is 12.2. The first-order valence-electron chi connectivity index (χ1n) is 7.84. The summed E-state index contributed by atoms with van der Waals surface area (Å²) in [5.74, 6) is 0. The maximum Gasteiger partial charge on any atom is 0.695 e. The fraction of sp³-hybridized carbons (Fsp3) is 0.714. The summed E-state index contributed by atoms with van der Waals surface area (Å²) in [4.78, 5) is 35.0. The molecule has 12 heteroatoms. The lowest BCUT2D eigenvalue weighted by Crippen LogP contribution is -2.41. The second-order valence-corrected chi connectivity index (χ2v) is 6.56. The Kier molecular flexibility index (Phi) is 7.18. The van der Waals surface area contributed by atoms with Crippen molar-refractivity contribution in [2.24, 2.45) is 0 Å². The number of H-pyrrole nitrogens is 1. The number of rotatable bonds is 8. The number of aryl methyl sites for hydroxylation is 1. The largest absolute Gasteiger partial charge is 0.695 e. The maximum atomic E-state index is 12.2. The average molecular weight is 393 g/mol. The van der Waals surface area contributed by atoms with Gasteiger partial charge < -0.3 is 19.3 Å². The fourth-order valence-corrected chi connectivity index (χ4v) is 3.04. The molecule has 0 spiro atoms. The van der Waals surface area contributed by atoms with E-state index in [0.29, 0.717) is 0 Å². The number of hydrogen-bond donors (Lipinski definition) is 3. The number of ether oxygens (including phenoxy) is 3. The van der Waals surface area contributed by atoms with Crippen LogP contribution in [0.4, 0.5) is 0 Å². The summed E-state index contributed by atoms with van der Waals surface area (Å²) in [6.45, 7) is 2.81. The van der Waals surface area contributed by atoms with Crippen molar-refractivity contribution in [1.29, 1.82) is 0 Å². The number of hydrogen-bond acceptors (Lipinski definition) is 8. The van der Waals surface area contributed by atoms with Crippen LogP contribution < -0.4 is 11.2 Å². The van der Waals surface area contributed by atoms with Crippen LogP contribution in [0.1, 0.15) is 18.7 Å². The number of aromatic amines is 1. The Hall–Kier alpha value is -1.46. The molecule has 26 heavy (non-hydrogen) atoms. The van der Waals surface area contributed by atoms with Gasteiger partial charge in [-0.25, -0.2) is 4.79 Å². The van der Waals surface area contributed by atoms with E-state index in [1.807, 2.05) is 0 Å². The minimum atomic E-state index is -3.00. The second-order valence-electron chi connectivity index (χ2n) is 5.88. The third-order valence-electron chi connectivity index (χ3n) is 4.02. The van der Waals surface area contributed by atoms with E-state index in [1.165, 1.54) is 20.2 Å². The Balaban J connectivity index is 2.40. The molecule has 2 rings (SSSR count). The Labute approximate surface area is 149 Å². The van der Waals surface area contributed by atoms with E-state index in [9.17, 15) is 19.3 Å². The number of aliphatic hydroxyl groups excluding tert-OH is 1. The molecule has 1 saturated heterocycles. The summed E-state index contributed by atoms with van der Waals surface area (Å²) >= 11 is 0. The van der Waals surface area contributed by atoms with Gasteiger partial charge in [0.05, 0.1) is 19.3 Å². The van der Waals surface area contributed by atoms with E-state index in [0.717, 1.165) is 4.57 Å². The van der Waals surface area contributed by atoms with E-state index < -0.39 is 50.7 Å². The zero-order valence-corrected chi connectivity index (χ0v) is 15.4. The van der Waals surface area contributed by atoms with E-state index in [-0.39, 0.29) is 18.3 Å². The molecule has 1 fully saturated rings. The molecular weight excluding hydrogens is 371 g/mol. The number of aliphatic hydroxyl groups is 1. The molecule has 0 bridgehead atoms.